The zero-order valence-corrected chi connectivity index (χ0v) is 37.7. The van der Waals surface area contributed by atoms with E-state index in [-0.39, 0.29) is 24.4 Å². The number of azide groups is 1. The molecule has 0 bridgehead atoms. The Labute approximate surface area is 375 Å². The van der Waals surface area contributed by atoms with Crippen LogP contribution in [-0.4, -0.2) is 135 Å². The van der Waals surface area contributed by atoms with Crippen molar-refractivity contribution in [2.45, 2.75) is 71.3 Å². The molecule has 5 heterocycles. The number of hydrogen-bond acceptors (Lipinski definition) is 10. The maximum absolute atomic E-state index is 14.9. The zero-order chi connectivity index (χ0) is 44.3. The number of anilines is 1. The number of aryl methyl sites for hydroxylation is 2. The molecule has 0 fully saturated rings. The molecule has 0 saturated carbocycles. The highest BCUT2D eigenvalue weighted by Gasteiger charge is 2.37. The zero-order valence-electron chi connectivity index (χ0n) is 37.7. The van der Waals surface area contributed by atoms with Gasteiger partial charge in [-0.05, 0) is 87.2 Å². The van der Waals surface area contributed by atoms with Crippen molar-refractivity contribution in [1.82, 2.24) is 14.8 Å². The lowest BCUT2D eigenvalue weighted by Crippen LogP contribution is -2.45. The first-order valence-corrected chi connectivity index (χ1v) is 23.4. The molecule has 2 amide bonds. The van der Waals surface area contributed by atoms with Gasteiger partial charge in [0.15, 0.2) is 0 Å². The minimum Gasteiger partial charge on any atom is -0.455 e. The summed E-state index contributed by atoms with van der Waals surface area (Å²) in [5.41, 5.74) is 18.6. The van der Waals surface area contributed by atoms with E-state index in [2.05, 4.69) is 43.0 Å². The van der Waals surface area contributed by atoms with E-state index >= 15 is 0 Å². The first-order chi connectivity index (χ1) is 31.4. The molecule has 15 heteroatoms. The summed E-state index contributed by atoms with van der Waals surface area (Å²) in [7, 11) is 0. The first-order valence-electron chi connectivity index (χ1n) is 23.4. The van der Waals surface area contributed by atoms with Crippen LogP contribution in [0.15, 0.2) is 41.5 Å². The van der Waals surface area contributed by atoms with Gasteiger partial charge in [0, 0.05) is 88.7 Å². The fraction of sp³-hybridized carbons (Fsp3) is 0.571. The number of nitrogens with one attached hydrogen (secondary N) is 1. The Balaban J connectivity index is 0.909. The first kappa shape index (κ1) is 45.5. The third-order valence-corrected chi connectivity index (χ3v) is 12.8. The number of amides is 2. The second-order valence-electron chi connectivity index (χ2n) is 17.3. The minimum absolute atomic E-state index is 0.0712. The molecule has 5 aliphatic rings. The van der Waals surface area contributed by atoms with Gasteiger partial charge in [0.25, 0.3) is 5.91 Å². The van der Waals surface area contributed by atoms with Crippen LogP contribution >= 0.6 is 0 Å². The van der Waals surface area contributed by atoms with Gasteiger partial charge in [0.1, 0.15) is 31.1 Å². The van der Waals surface area contributed by atoms with Gasteiger partial charge in [-0.2, -0.15) is 0 Å². The molecule has 0 aliphatic carbocycles. The summed E-state index contributed by atoms with van der Waals surface area (Å²) < 4.78 is 37.3. The van der Waals surface area contributed by atoms with Gasteiger partial charge in [-0.25, -0.2) is 4.58 Å². The molecule has 0 spiro atoms. The summed E-state index contributed by atoms with van der Waals surface area (Å²) in [6.45, 7) is 12.9. The molecule has 3 aromatic rings. The smallest absolute Gasteiger partial charge is 0.255 e. The average molecular weight is 879 g/mol. The van der Waals surface area contributed by atoms with E-state index in [1.807, 2.05) is 32.0 Å². The fourth-order valence-corrected chi connectivity index (χ4v) is 9.94. The number of ether oxygens (including phenoxy) is 6. The summed E-state index contributed by atoms with van der Waals surface area (Å²) in [4.78, 5) is 35.2. The Hall–Kier alpha value is -5.02. The van der Waals surface area contributed by atoms with Gasteiger partial charge in [-0.15, -0.1) is 0 Å². The molecule has 8 rings (SSSR count). The number of carbonyl (C=O) groups is 2. The third-order valence-electron chi connectivity index (χ3n) is 12.8. The minimum atomic E-state index is -0.238. The molecule has 0 aromatic heterocycles. The van der Waals surface area contributed by atoms with Gasteiger partial charge in [0.05, 0.1) is 71.6 Å². The maximum atomic E-state index is 14.9. The van der Waals surface area contributed by atoms with E-state index in [9.17, 15) is 9.59 Å². The molecule has 0 radical (unpaired) electrons. The van der Waals surface area contributed by atoms with Crippen LogP contribution in [-0.2, 0) is 54.2 Å². The van der Waals surface area contributed by atoms with Crippen LogP contribution < -0.4 is 30.1 Å². The van der Waals surface area contributed by atoms with E-state index in [1.165, 1.54) is 33.3 Å². The van der Waals surface area contributed by atoms with Gasteiger partial charge >= 0.3 is 0 Å². The highest BCUT2D eigenvalue weighted by atomic mass is 16.6. The van der Waals surface area contributed by atoms with E-state index in [4.69, 9.17) is 34.0 Å². The van der Waals surface area contributed by atoms with E-state index in [0.717, 1.165) is 111 Å². The average Bonchev–Trinajstić information content (AvgIpc) is 3.31. The predicted molar refractivity (Wildman–Crippen MR) is 244 cm³/mol. The summed E-state index contributed by atoms with van der Waals surface area (Å²) in [5.74, 6) is 1.51. The number of fused-ring (bicyclic) bond motifs is 4. The summed E-state index contributed by atoms with van der Waals surface area (Å²) >= 11 is 0. The van der Waals surface area contributed by atoms with E-state index in [1.54, 1.807) is 4.90 Å². The monoisotopic (exact) mass is 878 g/mol. The normalized spacial score (nSPS) is 15.7. The molecule has 0 unspecified atom stereocenters. The number of carbonyl (C=O) groups excluding carboxylic acids is 2. The number of benzene rings is 3. The Kier molecular flexibility index (Phi) is 15.8. The van der Waals surface area contributed by atoms with Crippen LogP contribution in [0.5, 0.6) is 11.5 Å². The van der Waals surface area contributed by atoms with Crippen LogP contribution in [0.25, 0.3) is 16.0 Å². The standard InChI is InChI=1S/C49H63N7O8/c1-34(2)56(33-43(57)51-15-21-59-23-25-61-27-29-63-30-28-62-26-24-60-22-16-52-53-50)49(58)38-12-4-3-11-37(38)44-41-31-35-9-5-17-54-19-7-13-39(45(35)54)47(41)64-48-40-14-8-20-55-18-6-10-36(46(40)55)32-42(44)48/h3-4,11-12,31-32,34H,5-10,13-30,33H2,1-2H3/p+1. The van der Waals surface area contributed by atoms with Crippen molar-refractivity contribution in [3.05, 3.63) is 96.4 Å². The lowest BCUT2D eigenvalue weighted by Gasteiger charge is -2.39. The highest BCUT2D eigenvalue weighted by Crippen LogP contribution is 2.48. The topological polar surface area (TPSA) is 160 Å². The molecule has 0 atom stereocenters. The quantitative estimate of drug-likeness (QED) is 0.0373. The molecular weight excluding hydrogens is 815 g/mol. The lowest BCUT2D eigenvalue weighted by atomic mass is 9.81. The number of hydrogen-bond donors (Lipinski definition) is 1. The van der Waals surface area contributed by atoms with Gasteiger partial charge in [-0.3, -0.25) is 9.59 Å². The molecule has 0 saturated heterocycles. The van der Waals surface area contributed by atoms with Gasteiger partial charge in [0.2, 0.25) is 11.3 Å². The SMILES string of the molecule is CC(C)N(CC(=O)NCCOCCOCCOCCOCCOCCN=[N+]=[N-])C(=O)c1ccccc1C1=c2cc3c4c(c2Oc2c1cc1c5c2CCCN5CCC1)CCC[N+]=4CCC3. The Morgan fingerprint density at radius 2 is 1.44 bits per heavy atom. The van der Waals surface area contributed by atoms with E-state index < -0.39 is 0 Å². The molecule has 5 aliphatic heterocycles. The molecule has 1 N–H and O–H groups in total. The summed E-state index contributed by atoms with van der Waals surface area (Å²) in [6, 6.07) is 12.5. The molecule has 64 heavy (non-hydrogen) atoms. The highest BCUT2D eigenvalue weighted by molar-refractivity contribution is 6.03. The van der Waals surface area contributed by atoms with Crippen LogP contribution in [0.2, 0.25) is 0 Å². The van der Waals surface area contributed by atoms with Crippen LogP contribution in [0.3, 0.4) is 0 Å². The lowest BCUT2D eigenvalue weighted by molar-refractivity contribution is -0.122. The second kappa shape index (κ2) is 22.3. The molecular formula is C49H64N7O8+. The van der Waals surface area contributed by atoms with Crippen LogP contribution in [0, 0.1) is 0 Å². The largest absolute Gasteiger partial charge is 0.455 e. The van der Waals surface area contributed by atoms with Crippen molar-refractivity contribution < 1.29 is 38.0 Å². The molecule has 3 aromatic carbocycles. The Bertz CT molecular complexity index is 2340. The Morgan fingerprint density at radius 3 is 2.16 bits per heavy atom. The Morgan fingerprint density at radius 1 is 0.797 bits per heavy atom. The van der Waals surface area contributed by atoms with Crippen LogP contribution in [0.1, 0.15) is 83.3 Å². The van der Waals surface area contributed by atoms with Crippen molar-refractivity contribution in [2.75, 3.05) is 117 Å². The van der Waals surface area contributed by atoms with Crippen molar-refractivity contribution in [3.63, 3.8) is 0 Å². The summed E-state index contributed by atoms with van der Waals surface area (Å²) in [6.07, 6.45) is 8.45. The van der Waals surface area contributed by atoms with Crippen molar-refractivity contribution in [1.29, 1.82) is 0 Å². The maximum Gasteiger partial charge on any atom is 0.255 e. The number of rotatable bonds is 23. The number of nitrogens with zero attached hydrogens (tertiary/aromatic N) is 6. The van der Waals surface area contributed by atoms with E-state index in [0.29, 0.717) is 84.7 Å². The predicted octanol–water partition coefficient (Wildman–Crippen LogP) is 4.48. The fourth-order valence-electron chi connectivity index (χ4n) is 9.94. The summed E-state index contributed by atoms with van der Waals surface area (Å²) in [5, 5.41) is 8.80. The van der Waals surface area contributed by atoms with Crippen molar-refractivity contribution in [3.8, 4) is 11.5 Å². The van der Waals surface area contributed by atoms with Crippen molar-refractivity contribution >= 4 is 23.1 Å². The third kappa shape index (κ3) is 10.4. The second-order valence-corrected chi connectivity index (χ2v) is 17.3. The van der Waals surface area contributed by atoms with Crippen LogP contribution in [0.4, 0.5) is 5.69 Å². The van der Waals surface area contributed by atoms with Gasteiger partial charge < -0.3 is 43.5 Å². The van der Waals surface area contributed by atoms with Crippen molar-refractivity contribution in [2.24, 2.45) is 5.11 Å². The molecule has 342 valence electrons. The molecule has 15 nitrogen and oxygen atoms in total. The van der Waals surface area contributed by atoms with Gasteiger partial charge in [-0.1, -0.05) is 23.3 Å².